The third-order valence-electron chi connectivity index (χ3n) is 3.62. The van der Waals surface area contributed by atoms with Crippen LogP contribution in [0.2, 0.25) is 0 Å². The third-order valence-corrected chi connectivity index (χ3v) is 4.61. The lowest BCUT2D eigenvalue weighted by Crippen LogP contribution is -2.51. The van der Waals surface area contributed by atoms with Crippen LogP contribution in [-0.2, 0) is 4.79 Å². The lowest BCUT2D eigenvalue weighted by atomic mass is 10.3. The molecule has 0 spiro atoms. The Morgan fingerprint density at radius 2 is 2.23 bits per heavy atom. The van der Waals surface area contributed by atoms with Crippen molar-refractivity contribution in [2.45, 2.75) is 6.17 Å². The number of hydrogen-bond acceptors (Lipinski definition) is 7. The van der Waals surface area contributed by atoms with Crippen molar-refractivity contribution in [3.05, 3.63) is 36.7 Å². The molecule has 0 saturated carbocycles. The van der Waals surface area contributed by atoms with Gasteiger partial charge in [-0.3, -0.25) is 10.2 Å². The summed E-state index contributed by atoms with van der Waals surface area (Å²) >= 11 is 1.60. The van der Waals surface area contributed by atoms with Gasteiger partial charge in [0.15, 0.2) is 5.13 Å². The number of benzene rings is 1. The number of fused-ring (bicyclic) bond motifs is 2. The zero-order chi connectivity index (χ0) is 15.1. The maximum Gasteiger partial charge on any atom is 0.271 e. The molecule has 112 valence electrons. The van der Waals surface area contributed by atoms with Crippen molar-refractivity contribution in [1.82, 2.24) is 20.2 Å². The van der Waals surface area contributed by atoms with Gasteiger partial charge in [-0.15, -0.1) is 0 Å². The number of rotatable bonds is 3. The van der Waals surface area contributed by atoms with Gasteiger partial charge in [0.05, 0.1) is 16.8 Å². The average molecular weight is 314 g/mol. The van der Waals surface area contributed by atoms with Gasteiger partial charge in [0.2, 0.25) is 6.17 Å². The third kappa shape index (κ3) is 2.08. The van der Waals surface area contributed by atoms with E-state index in [2.05, 4.69) is 20.8 Å². The number of amidine groups is 1. The predicted octanol–water partition coefficient (Wildman–Crippen LogP) is 1.20. The van der Waals surface area contributed by atoms with Gasteiger partial charge in [-0.2, -0.15) is 5.10 Å². The number of hydrazone groups is 1. The van der Waals surface area contributed by atoms with Gasteiger partial charge in [-0.25, -0.2) is 4.98 Å². The molecule has 1 amide bonds. The molecular weight excluding hydrogens is 300 g/mol. The fourth-order valence-corrected chi connectivity index (χ4v) is 3.28. The summed E-state index contributed by atoms with van der Waals surface area (Å²) in [4.78, 5) is 19.9. The van der Waals surface area contributed by atoms with E-state index in [9.17, 15) is 4.79 Å². The Morgan fingerprint density at radius 3 is 3.09 bits per heavy atom. The largest absolute Gasteiger partial charge is 0.354 e. The highest BCUT2D eigenvalue weighted by Crippen LogP contribution is 2.25. The van der Waals surface area contributed by atoms with E-state index in [1.165, 1.54) is 0 Å². The van der Waals surface area contributed by atoms with Crippen LogP contribution in [-0.4, -0.2) is 46.3 Å². The highest BCUT2D eigenvalue weighted by Gasteiger charge is 2.35. The molecule has 1 aromatic heterocycles. The van der Waals surface area contributed by atoms with Gasteiger partial charge in [-0.05, 0) is 12.1 Å². The minimum absolute atomic E-state index is 0.0266. The molecule has 2 N–H and O–H groups in total. The number of nitrogens with zero attached hydrogens (tertiary/aromatic N) is 4. The lowest BCUT2D eigenvalue weighted by molar-refractivity contribution is -0.132. The zero-order valence-electron chi connectivity index (χ0n) is 11.9. The number of carbonyl (C=O) groups excluding carboxylic acids is 1. The summed E-state index contributed by atoms with van der Waals surface area (Å²) < 4.78 is 1.14. The van der Waals surface area contributed by atoms with Crippen molar-refractivity contribution in [2.24, 2.45) is 5.10 Å². The summed E-state index contributed by atoms with van der Waals surface area (Å²) in [6, 6.07) is 8.01. The molecule has 0 aliphatic carbocycles. The number of amides is 1. The van der Waals surface area contributed by atoms with Crippen LogP contribution in [0.15, 0.2) is 41.8 Å². The minimum atomic E-state index is -0.442. The molecule has 0 saturated heterocycles. The monoisotopic (exact) mass is 314 g/mol. The van der Waals surface area contributed by atoms with Gasteiger partial charge < -0.3 is 15.1 Å². The van der Waals surface area contributed by atoms with Crippen molar-refractivity contribution in [3.63, 3.8) is 0 Å². The lowest BCUT2D eigenvalue weighted by Gasteiger charge is -2.29. The van der Waals surface area contributed by atoms with Crippen LogP contribution >= 0.6 is 11.3 Å². The molecule has 1 atom stereocenters. The number of nitrogens with one attached hydrogen (secondary N) is 2. The zero-order valence-corrected chi connectivity index (χ0v) is 12.7. The number of thiazole rings is 1. The Balaban J connectivity index is 1.48. The number of para-hydroxylation sites is 1. The van der Waals surface area contributed by atoms with Gasteiger partial charge >= 0.3 is 0 Å². The molecule has 2 aromatic rings. The van der Waals surface area contributed by atoms with Crippen LogP contribution in [0.5, 0.6) is 0 Å². The van der Waals surface area contributed by atoms with Crippen LogP contribution in [0, 0.1) is 0 Å². The van der Waals surface area contributed by atoms with E-state index in [0.29, 0.717) is 6.54 Å². The van der Waals surface area contributed by atoms with Gasteiger partial charge in [0.1, 0.15) is 5.84 Å². The second-order valence-corrected chi connectivity index (χ2v) is 6.09. The number of carbonyl (C=O) groups is 1. The molecule has 1 unspecified atom stereocenters. The van der Waals surface area contributed by atoms with Crippen LogP contribution in [0.3, 0.4) is 0 Å². The first kappa shape index (κ1) is 13.1. The van der Waals surface area contributed by atoms with Gasteiger partial charge in [0.25, 0.3) is 5.91 Å². The summed E-state index contributed by atoms with van der Waals surface area (Å²) in [5, 5.41) is 8.36. The summed E-state index contributed by atoms with van der Waals surface area (Å²) in [7, 11) is 1.73. The fraction of sp³-hybridized carbons (Fsp3) is 0.214. The Hall–Kier alpha value is -2.61. The van der Waals surface area contributed by atoms with E-state index in [4.69, 9.17) is 0 Å². The van der Waals surface area contributed by atoms with E-state index in [1.807, 2.05) is 35.4 Å². The van der Waals surface area contributed by atoms with Gasteiger partial charge in [-0.1, -0.05) is 23.5 Å². The first-order chi connectivity index (χ1) is 10.7. The molecule has 1 aromatic carbocycles. The summed E-state index contributed by atoms with van der Waals surface area (Å²) in [5.74, 6) is 0.739. The SMILES string of the molecule is CN1C=CN2C(CNc3nc4ccccc4s3)=NNC2C1=O. The topological polar surface area (TPSA) is 72.9 Å². The quantitative estimate of drug-likeness (QED) is 0.890. The summed E-state index contributed by atoms with van der Waals surface area (Å²) in [6.45, 7) is 0.505. The number of anilines is 1. The molecule has 0 radical (unpaired) electrons. The summed E-state index contributed by atoms with van der Waals surface area (Å²) in [6.07, 6.45) is 3.14. The Kier molecular flexibility index (Phi) is 2.97. The molecule has 8 heteroatoms. The van der Waals surface area contributed by atoms with E-state index in [1.54, 1.807) is 29.5 Å². The number of hydrogen-bond donors (Lipinski definition) is 2. The first-order valence-electron chi connectivity index (χ1n) is 6.87. The van der Waals surface area contributed by atoms with E-state index in [-0.39, 0.29) is 5.91 Å². The molecule has 7 nitrogen and oxygen atoms in total. The van der Waals surface area contributed by atoms with E-state index in [0.717, 1.165) is 21.2 Å². The summed E-state index contributed by atoms with van der Waals surface area (Å²) in [5.41, 5.74) is 3.85. The van der Waals surface area contributed by atoms with E-state index >= 15 is 0 Å². The van der Waals surface area contributed by atoms with Crippen molar-refractivity contribution in [3.8, 4) is 0 Å². The Bertz CT molecular complexity index is 764. The molecule has 0 fully saturated rings. The first-order valence-corrected chi connectivity index (χ1v) is 7.69. The number of likely N-dealkylation sites (N-methyl/N-ethyl adjacent to an activating group) is 1. The molecule has 22 heavy (non-hydrogen) atoms. The van der Waals surface area contributed by atoms with Crippen molar-refractivity contribution in [2.75, 3.05) is 18.9 Å². The second kappa shape index (κ2) is 4.99. The van der Waals surface area contributed by atoms with Crippen molar-refractivity contribution < 1.29 is 4.79 Å². The van der Waals surface area contributed by atoms with E-state index < -0.39 is 6.17 Å². The van der Waals surface area contributed by atoms with Crippen molar-refractivity contribution in [1.29, 1.82) is 0 Å². The smallest absolute Gasteiger partial charge is 0.271 e. The normalized spacial score (nSPS) is 20.1. The standard InChI is InChI=1S/C14H14N6OS/c1-19-6-7-20-11(17-18-12(20)13(19)21)8-15-14-16-9-4-2-3-5-10(9)22-14/h2-7,12,18H,8H2,1H3,(H,15,16). The maximum atomic E-state index is 12.0. The molecule has 0 bridgehead atoms. The molecule has 2 aliphatic rings. The molecule has 4 rings (SSSR count). The fourth-order valence-electron chi connectivity index (χ4n) is 2.42. The second-order valence-electron chi connectivity index (χ2n) is 5.05. The van der Waals surface area contributed by atoms with Crippen molar-refractivity contribution >= 4 is 38.4 Å². The van der Waals surface area contributed by atoms with Crippen LogP contribution in [0.1, 0.15) is 0 Å². The Labute approximate surface area is 130 Å². The highest BCUT2D eigenvalue weighted by atomic mass is 32.1. The highest BCUT2D eigenvalue weighted by molar-refractivity contribution is 7.22. The minimum Gasteiger partial charge on any atom is -0.354 e. The molecule has 2 aliphatic heterocycles. The number of aromatic nitrogens is 1. The molecule has 3 heterocycles. The van der Waals surface area contributed by atoms with Crippen LogP contribution in [0.4, 0.5) is 5.13 Å². The predicted molar refractivity (Wildman–Crippen MR) is 86.2 cm³/mol. The Morgan fingerprint density at radius 1 is 1.36 bits per heavy atom. The maximum absolute atomic E-state index is 12.0. The molecular formula is C14H14N6OS. The van der Waals surface area contributed by atoms with Crippen LogP contribution < -0.4 is 10.7 Å². The average Bonchev–Trinajstić information content (AvgIpc) is 3.12. The van der Waals surface area contributed by atoms with Gasteiger partial charge in [0, 0.05) is 19.4 Å². The van der Waals surface area contributed by atoms with Crippen LogP contribution in [0.25, 0.3) is 10.2 Å².